The van der Waals surface area contributed by atoms with Gasteiger partial charge in [0.25, 0.3) is 0 Å². The first-order chi connectivity index (χ1) is 15.1. The van der Waals surface area contributed by atoms with Crippen molar-refractivity contribution in [3.05, 3.63) is 41.0 Å². The molecule has 0 atom stereocenters. The molecule has 2 N–H and O–H groups in total. The van der Waals surface area contributed by atoms with Crippen LogP contribution in [0, 0.1) is 13.8 Å². The van der Waals surface area contributed by atoms with Gasteiger partial charge in [-0.25, -0.2) is 4.99 Å². The highest BCUT2D eigenvalue weighted by atomic mass is 16.5. The Kier molecular flexibility index (Phi) is 8.66. The summed E-state index contributed by atoms with van der Waals surface area (Å²) in [4.78, 5) is 7.14. The molecule has 0 bridgehead atoms. The summed E-state index contributed by atoms with van der Waals surface area (Å²) in [7, 11) is 3.67. The van der Waals surface area contributed by atoms with Gasteiger partial charge in [-0.05, 0) is 31.9 Å². The normalized spacial score (nSPS) is 15.2. The third-order valence-corrected chi connectivity index (χ3v) is 5.51. The van der Waals surface area contributed by atoms with Crippen LogP contribution in [0.15, 0.2) is 23.2 Å². The van der Waals surface area contributed by atoms with Gasteiger partial charge in [0.05, 0.1) is 20.3 Å². The van der Waals surface area contributed by atoms with Crippen LogP contribution < -0.4 is 15.4 Å². The lowest BCUT2D eigenvalue weighted by atomic mass is 10.1. The summed E-state index contributed by atoms with van der Waals surface area (Å²) >= 11 is 0. The molecule has 0 saturated carbocycles. The maximum Gasteiger partial charge on any atom is 0.191 e. The van der Waals surface area contributed by atoms with E-state index in [2.05, 4.69) is 44.8 Å². The molecule has 1 saturated heterocycles. The second kappa shape index (κ2) is 11.7. The van der Waals surface area contributed by atoms with Gasteiger partial charge >= 0.3 is 0 Å². The van der Waals surface area contributed by atoms with Crippen molar-refractivity contribution in [1.29, 1.82) is 0 Å². The molecule has 0 radical (unpaired) electrons. The molecular formula is C22H35N7O2. The molecule has 1 aromatic carbocycles. The topological polar surface area (TPSA) is 88.8 Å². The molecule has 31 heavy (non-hydrogen) atoms. The molecule has 1 aliphatic heterocycles. The number of aromatic nitrogens is 3. The number of methoxy groups -OCH3 is 1. The monoisotopic (exact) mass is 429 g/mol. The van der Waals surface area contributed by atoms with Crippen LogP contribution in [0.3, 0.4) is 0 Å². The van der Waals surface area contributed by atoms with Gasteiger partial charge in [0.2, 0.25) is 0 Å². The number of nitrogens with one attached hydrogen (secondary N) is 2. The van der Waals surface area contributed by atoms with Crippen molar-refractivity contribution in [2.75, 3.05) is 53.0 Å². The molecule has 9 heteroatoms. The van der Waals surface area contributed by atoms with E-state index in [0.29, 0.717) is 6.54 Å². The number of rotatable bonds is 9. The van der Waals surface area contributed by atoms with Crippen LogP contribution in [0.5, 0.6) is 5.75 Å². The predicted molar refractivity (Wildman–Crippen MR) is 122 cm³/mol. The number of aliphatic imine (C=N–C) groups is 1. The highest BCUT2D eigenvalue weighted by molar-refractivity contribution is 5.79. The van der Waals surface area contributed by atoms with Crippen molar-refractivity contribution >= 4 is 5.96 Å². The van der Waals surface area contributed by atoms with E-state index in [0.717, 1.165) is 75.7 Å². The van der Waals surface area contributed by atoms with Crippen LogP contribution in [-0.4, -0.2) is 78.7 Å². The van der Waals surface area contributed by atoms with Crippen LogP contribution in [0.2, 0.25) is 0 Å². The van der Waals surface area contributed by atoms with Crippen molar-refractivity contribution < 1.29 is 9.47 Å². The largest absolute Gasteiger partial charge is 0.496 e. The third-order valence-electron chi connectivity index (χ3n) is 5.51. The van der Waals surface area contributed by atoms with Crippen LogP contribution in [0.4, 0.5) is 0 Å². The Bertz CT molecular complexity index is 860. The van der Waals surface area contributed by atoms with Gasteiger partial charge in [0.15, 0.2) is 11.8 Å². The summed E-state index contributed by atoms with van der Waals surface area (Å²) in [5.74, 6) is 3.42. The van der Waals surface area contributed by atoms with Gasteiger partial charge < -0.3 is 24.7 Å². The van der Waals surface area contributed by atoms with E-state index in [4.69, 9.17) is 14.5 Å². The van der Waals surface area contributed by atoms with Crippen molar-refractivity contribution in [2.24, 2.45) is 12.0 Å². The average molecular weight is 430 g/mol. The van der Waals surface area contributed by atoms with Gasteiger partial charge in [-0.1, -0.05) is 17.7 Å². The van der Waals surface area contributed by atoms with Crippen molar-refractivity contribution in [2.45, 2.75) is 26.8 Å². The Morgan fingerprint density at radius 3 is 2.65 bits per heavy atom. The molecule has 3 rings (SSSR count). The number of benzene rings is 1. The van der Waals surface area contributed by atoms with E-state index in [1.807, 2.05) is 24.6 Å². The van der Waals surface area contributed by atoms with Gasteiger partial charge in [-0.2, -0.15) is 0 Å². The second-order valence-electron chi connectivity index (χ2n) is 7.76. The molecule has 2 heterocycles. The zero-order valence-electron chi connectivity index (χ0n) is 19.1. The maximum absolute atomic E-state index is 5.50. The number of morpholine rings is 1. The SMILES string of the molecule is COc1ccc(C)cc1CCNC(=NCc1nnc(C)n1C)NCCN1CCOCC1. The standard InChI is InChI=1S/C22H35N7O2/c1-17-5-6-20(30-4)19(15-17)7-8-23-22(24-9-10-29-11-13-31-14-12-29)25-16-21-27-26-18(2)28(21)3/h5-6,15H,7-14,16H2,1-4H3,(H2,23,24,25). The zero-order chi connectivity index (χ0) is 22.1. The quantitative estimate of drug-likeness (QED) is 0.455. The Labute approximate surface area is 184 Å². The summed E-state index contributed by atoms with van der Waals surface area (Å²) in [6.45, 7) is 10.6. The van der Waals surface area contributed by atoms with E-state index in [9.17, 15) is 0 Å². The van der Waals surface area contributed by atoms with E-state index >= 15 is 0 Å². The smallest absolute Gasteiger partial charge is 0.191 e. The van der Waals surface area contributed by atoms with Crippen LogP contribution in [0.1, 0.15) is 22.8 Å². The maximum atomic E-state index is 5.50. The minimum Gasteiger partial charge on any atom is -0.496 e. The molecule has 170 valence electrons. The summed E-state index contributed by atoms with van der Waals surface area (Å²) < 4.78 is 12.9. The highest BCUT2D eigenvalue weighted by Crippen LogP contribution is 2.19. The predicted octanol–water partition coefficient (Wildman–Crippen LogP) is 1.05. The van der Waals surface area contributed by atoms with E-state index < -0.39 is 0 Å². The fourth-order valence-corrected chi connectivity index (χ4v) is 3.49. The molecule has 0 amide bonds. The number of guanidine groups is 1. The first-order valence-electron chi connectivity index (χ1n) is 10.9. The molecular weight excluding hydrogens is 394 g/mol. The average Bonchev–Trinajstić information content (AvgIpc) is 3.10. The van der Waals surface area contributed by atoms with Gasteiger partial charge in [-0.15, -0.1) is 10.2 Å². The Balaban J connectivity index is 1.58. The Morgan fingerprint density at radius 1 is 1.16 bits per heavy atom. The Morgan fingerprint density at radius 2 is 1.94 bits per heavy atom. The number of hydrogen-bond acceptors (Lipinski definition) is 6. The summed E-state index contributed by atoms with van der Waals surface area (Å²) in [6.07, 6.45) is 0.845. The first kappa shape index (κ1) is 23.0. The highest BCUT2D eigenvalue weighted by Gasteiger charge is 2.11. The molecule has 1 aromatic heterocycles. The molecule has 1 aliphatic rings. The minimum atomic E-state index is 0.470. The molecule has 0 spiro atoms. The fourth-order valence-electron chi connectivity index (χ4n) is 3.49. The fraction of sp³-hybridized carbons (Fsp3) is 0.591. The molecule has 0 aliphatic carbocycles. The lowest BCUT2D eigenvalue weighted by Crippen LogP contribution is -2.44. The summed E-state index contributed by atoms with van der Waals surface area (Å²) in [5.41, 5.74) is 2.41. The second-order valence-corrected chi connectivity index (χ2v) is 7.76. The van der Waals surface area contributed by atoms with E-state index in [1.54, 1.807) is 7.11 Å². The van der Waals surface area contributed by atoms with Gasteiger partial charge in [0.1, 0.15) is 18.1 Å². The number of hydrogen-bond donors (Lipinski definition) is 2. The molecule has 0 unspecified atom stereocenters. The van der Waals surface area contributed by atoms with Crippen LogP contribution in [-0.2, 0) is 24.8 Å². The summed E-state index contributed by atoms with van der Waals surface area (Å²) in [5, 5.41) is 15.2. The first-order valence-corrected chi connectivity index (χ1v) is 10.9. The molecule has 2 aromatic rings. The Hall–Kier alpha value is -2.65. The van der Waals surface area contributed by atoms with Gasteiger partial charge in [0, 0.05) is 39.8 Å². The van der Waals surface area contributed by atoms with Crippen molar-refractivity contribution in [3.8, 4) is 5.75 Å². The summed E-state index contributed by atoms with van der Waals surface area (Å²) in [6, 6.07) is 6.26. The lowest BCUT2D eigenvalue weighted by Gasteiger charge is -2.26. The van der Waals surface area contributed by atoms with Crippen molar-refractivity contribution in [1.82, 2.24) is 30.3 Å². The lowest BCUT2D eigenvalue weighted by molar-refractivity contribution is 0.0389. The number of nitrogens with zero attached hydrogens (tertiary/aromatic N) is 5. The minimum absolute atomic E-state index is 0.470. The molecule has 9 nitrogen and oxygen atoms in total. The van der Waals surface area contributed by atoms with E-state index in [-0.39, 0.29) is 0 Å². The van der Waals surface area contributed by atoms with E-state index in [1.165, 1.54) is 11.1 Å². The van der Waals surface area contributed by atoms with Crippen LogP contribution in [0.25, 0.3) is 0 Å². The number of ether oxygens (including phenoxy) is 2. The number of aryl methyl sites for hydroxylation is 2. The van der Waals surface area contributed by atoms with Crippen LogP contribution >= 0.6 is 0 Å². The zero-order valence-corrected chi connectivity index (χ0v) is 19.1. The van der Waals surface area contributed by atoms with Crippen molar-refractivity contribution in [3.63, 3.8) is 0 Å². The van der Waals surface area contributed by atoms with Gasteiger partial charge in [-0.3, -0.25) is 4.90 Å². The third kappa shape index (κ3) is 6.93. The molecule has 1 fully saturated rings.